The number of halogens is 1. The molecule has 1 heterocycles. The van der Waals surface area contributed by atoms with Crippen molar-refractivity contribution >= 4 is 17.5 Å². The van der Waals surface area contributed by atoms with Gasteiger partial charge in [-0.25, -0.2) is 4.39 Å². The van der Waals surface area contributed by atoms with Crippen molar-refractivity contribution in [3.8, 4) is 16.9 Å². The average molecular weight is 744 g/mol. The number of benzene rings is 3. The van der Waals surface area contributed by atoms with Crippen LogP contribution < -0.4 is 26.0 Å². The number of nitrogens with zero attached hydrogens (tertiary/aromatic N) is 2. The highest BCUT2D eigenvalue weighted by Gasteiger charge is 2.57. The van der Waals surface area contributed by atoms with E-state index in [1.807, 2.05) is 68.4 Å². The van der Waals surface area contributed by atoms with Crippen molar-refractivity contribution in [3.05, 3.63) is 83.2 Å². The number of nitrogens with one attached hydrogen (secondary N) is 2. The third-order valence-electron chi connectivity index (χ3n) is 12.6. The summed E-state index contributed by atoms with van der Waals surface area (Å²) in [6.45, 7) is 10.4. The maximum atomic E-state index is 16.0. The van der Waals surface area contributed by atoms with E-state index in [4.69, 9.17) is 15.3 Å². The summed E-state index contributed by atoms with van der Waals surface area (Å²) in [7, 11) is 5.27. The Hall–Kier alpha value is -4.03. The van der Waals surface area contributed by atoms with Crippen molar-refractivity contribution in [1.29, 1.82) is 0 Å². The molecule has 2 bridgehead atoms. The minimum atomic E-state index is -0.921. The molecule has 3 aromatic rings. The first-order valence-corrected chi connectivity index (χ1v) is 19.3. The van der Waals surface area contributed by atoms with Gasteiger partial charge in [0.1, 0.15) is 17.6 Å². The Kier molecular flexibility index (Phi) is 11.7. The number of anilines is 1. The number of hydroxylamine groups is 2. The van der Waals surface area contributed by atoms with Gasteiger partial charge in [-0.15, -0.1) is 0 Å². The normalized spacial score (nSPS) is 27.1. The second-order valence-electron chi connectivity index (χ2n) is 16.6. The molecular weight excluding hydrogens is 686 g/mol. The van der Waals surface area contributed by atoms with Crippen LogP contribution in [0.2, 0.25) is 0 Å². The number of hydrogen-bond donors (Lipinski definition) is 4. The van der Waals surface area contributed by atoms with Gasteiger partial charge in [-0.1, -0.05) is 51.1 Å². The number of hydrogen-bond acceptors (Lipinski definition) is 8. The quantitative estimate of drug-likeness (QED) is 0.179. The highest BCUT2D eigenvalue weighted by molar-refractivity contribution is 5.97. The van der Waals surface area contributed by atoms with E-state index in [1.165, 1.54) is 24.7 Å². The minimum absolute atomic E-state index is 0.00556. The van der Waals surface area contributed by atoms with Gasteiger partial charge in [-0.05, 0) is 97.7 Å². The third-order valence-corrected chi connectivity index (χ3v) is 12.6. The zero-order chi connectivity index (χ0) is 39.1. The van der Waals surface area contributed by atoms with Crippen molar-refractivity contribution in [2.24, 2.45) is 34.8 Å². The summed E-state index contributed by atoms with van der Waals surface area (Å²) >= 11 is 0. The van der Waals surface area contributed by atoms with Crippen molar-refractivity contribution in [1.82, 2.24) is 15.7 Å². The van der Waals surface area contributed by atoms with Gasteiger partial charge in [0.2, 0.25) is 5.91 Å². The fourth-order valence-electron chi connectivity index (χ4n) is 9.38. The fourth-order valence-corrected chi connectivity index (χ4v) is 9.38. The van der Waals surface area contributed by atoms with Crippen LogP contribution in [-0.2, 0) is 22.6 Å². The zero-order valence-electron chi connectivity index (χ0n) is 32.9. The molecule has 3 aromatic carbocycles. The van der Waals surface area contributed by atoms with E-state index in [-0.39, 0.29) is 53.7 Å². The SMILES string of the molecule is COc1c(-c2cc(C(=O)N[C@H](C)Cc3ccccc3)cc(N(C)C)c2)ccc(F)c1CN1O[C@@H](CN)[C@@H]([C@H](C)O)[C@H]1C(=O)N[C@H]1C[C@H]2C[C@@H]([C@@H]1C)C2(C)C. The number of aliphatic hydroxyl groups excluding tert-OH is 1. The smallest absolute Gasteiger partial charge is 0.251 e. The predicted octanol–water partition coefficient (Wildman–Crippen LogP) is 5.56. The molecule has 3 aliphatic carbocycles. The van der Waals surface area contributed by atoms with Gasteiger partial charge in [0, 0.05) is 61.0 Å². The molecule has 7 rings (SSSR count). The number of nitrogens with two attached hydrogens (primary N) is 1. The van der Waals surface area contributed by atoms with E-state index in [2.05, 4.69) is 31.4 Å². The molecular formula is C43H58FN5O5. The summed E-state index contributed by atoms with van der Waals surface area (Å²) in [5.41, 5.74) is 10.2. The summed E-state index contributed by atoms with van der Waals surface area (Å²) in [4.78, 5) is 36.1. The second kappa shape index (κ2) is 16.0. The summed E-state index contributed by atoms with van der Waals surface area (Å²) in [5, 5.41) is 18.9. The molecule has 5 N–H and O–H groups in total. The number of rotatable bonds is 13. The molecule has 0 radical (unpaired) electrons. The van der Waals surface area contributed by atoms with Gasteiger partial charge in [-0.2, -0.15) is 5.06 Å². The third kappa shape index (κ3) is 7.74. The molecule has 0 unspecified atom stereocenters. The highest BCUT2D eigenvalue weighted by atomic mass is 19.1. The van der Waals surface area contributed by atoms with E-state index in [0.29, 0.717) is 40.9 Å². The number of carbonyl (C=O) groups excluding carboxylic acids is 2. The lowest BCUT2D eigenvalue weighted by atomic mass is 9.45. The molecule has 292 valence electrons. The first kappa shape index (κ1) is 39.7. The van der Waals surface area contributed by atoms with Crippen LogP contribution in [0.1, 0.15) is 68.9 Å². The van der Waals surface area contributed by atoms with Crippen LogP contribution in [0.15, 0.2) is 60.7 Å². The van der Waals surface area contributed by atoms with Gasteiger partial charge in [0.15, 0.2) is 0 Å². The largest absolute Gasteiger partial charge is 0.496 e. The van der Waals surface area contributed by atoms with Crippen molar-refractivity contribution in [2.75, 3.05) is 32.6 Å². The number of ether oxygens (including phenoxy) is 1. The first-order valence-electron chi connectivity index (χ1n) is 19.3. The van der Waals surface area contributed by atoms with E-state index < -0.39 is 30.0 Å². The maximum Gasteiger partial charge on any atom is 0.251 e. The lowest BCUT2D eigenvalue weighted by Gasteiger charge is -2.62. The molecule has 4 fully saturated rings. The Bertz CT molecular complexity index is 1820. The summed E-state index contributed by atoms with van der Waals surface area (Å²) in [5.74, 6) is -0.0500. The minimum Gasteiger partial charge on any atom is -0.496 e. The van der Waals surface area contributed by atoms with Crippen LogP contribution in [-0.4, -0.2) is 80.1 Å². The van der Waals surface area contributed by atoms with E-state index in [1.54, 1.807) is 19.1 Å². The Morgan fingerprint density at radius 3 is 2.44 bits per heavy atom. The summed E-state index contributed by atoms with van der Waals surface area (Å²) < 4.78 is 22.0. The molecule has 0 spiro atoms. The molecule has 3 saturated carbocycles. The molecule has 10 nitrogen and oxygen atoms in total. The number of aliphatic hydroxyl groups is 1. The lowest BCUT2D eigenvalue weighted by molar-refractivity contribution is -0.176. The average Bonchev–Trinajstić information content (AvgIpc) is 3.51. The molecule has 11 heteroatoms. The van der Waals surface area contributed by atoms with E-state index in [9.17, 15) is 14.7 Å². The first-order chi connectivity index (χ1) is 25.6. The van der Waals surface area contributed by atoms with Crippen LogP contribution in [0.3, 0.4) is 0 Å². The van der Waals surface area contributed by atoms with Gasteiger partial charge in [0.05, 0.1) is 25.9 Å². The molecule has 9 atom stereocenters. The molecule has 0 aromatic heterocycles. The summed E-state index contributed by atoms with van der Waals surface area (Å²) in [6, 6.07) is 17.5. The predicted molar refractivity (Wildman–Crippen MR) is 209 cm³/mol. The highest BCUT2D eigenvalue weighted by Crippen LogP contribution is 2.61. The summed E-state index contributed by atoms with van der Waals surface area (Å²) in [6.07, 6.45) is 1.18. The van der Waals surface area contributed by atoms with Gasteiger partial charge in [0.25, 0.3) is 5.91 Å². The molecule has 54 heavy (non-hydrogen) atoms. The van der Waals surface area contributed by atoms with Gasteiger partial charge < -0.3 is 31.1 Å². The zero-order valence-corrected chi connectivity index (χ0v) is 32.9. The number of methoxy groups -OCH3 is 1. The van der Waals surface area contributed by atoms with E-state index in [0.717, 1.165) is 17.7 Å². The molecule has 1 saturated heterocycles. The maximum absolute atomic E-state index is 16.0. The van der Waals surface area contributed by atoms with Crippen LogP contribution in [0, 0.1) is 34.9 Å². The molecule has 1 aliphatic heterocycles. The van der Waals surface area contributed by atoms with Crippen LogP contribution in [0.4, 0.5) is 10.1 Å². The van der Waals surface area contributed by atoms with Crippen LogP contribution in [0.25, 0.3) is 11.1 Å². The lowest BCUT2D eigenvalue weighted by Crippen LogP contribution is -2.62. The van der Waals surface area contributed by atoms with Crippen LogP contribution >= 0.6 is 0 Å². The number of amides is 2. The molecule has 4 aliphatic rings. The van der Waals surface area contributed by atoms with Crippen molar-refractivity contribution in [3.63, 3.8) is 0 Å². The second-order valence-corrected chi connectivity index (χ2v) is 16.6. The standard InChI is InChI=1S/C43H58FN5O5/c1-24(16-27-12-10-9-11-13-27)46-41(51)29-17-28(18-31(19-29)48(6)7)32-14-15-35(44)33(40(32)53-8)23-49-39(38(26(3)50)37(22-45)54-49)42(52)47-36-21-30-20-34(25(36)2)43(30,4)5/h9-15,17-19,24-26,30,34,36-39,50H,16,20-23,45H2,1-8H3,(H,46,51)(H,47,52)/t24-,25+,26+,30-,34+,36+,37+,38-,39+/m1/s1. The van der Waals surface area contributed by atoms with Gasteiger partial charge >= 0.3 is 0 Å². The van der Waals surface area contributed by atoms with Crippen molar-refractivity contribution < 1.29 is 28.7 Å². The monoisotopic (exact) mass is 743 g/mol. The van der Waals surface area contributed by atoms with Crippen LogP contribution in [0.5, 0.6) is 5.75 Å². The number of carbonyl (C=O) groups is 2. The Balaban J connectivity index is 1.30. The van der Waals surface area contributed by atoms with Crippen molar-refractivity contribution in [2.45, 2.75) is 90.8 Å². The number of fused-ring (bicyclic) bond motifs is 2. The fraction of sp³-hybridized carbons (Fsp3) is 0.535. The molecule has 2 amide bonds. The van der Waals surface area contributed by atoms with Gasteiger partial charge in [-0.3, -0.25) is 14.4 Å². The van der Waals surface area contributed by atoms with E-state index >= 15 is 4.39 Å². The Morgan fingerprint density at radius 1 is 1.11 bits per heavy atom. The topological polar surface area (TPSA) is 129 Å². The Labute approximate surface area is 319 Å². The Morgan fingerprint density at radius 2 is 1.83 bits per heavy atom.